The molecule has 5 nitrogen and oxygen atoms in total. The molecule has 0 aliphatic rings. The van der Waals surface area contributed by atoms with Crippen LogP contribution in [0.5, 0.6) is 11.5 Å². The Balaban J connectivity index is 1.55. The smallest absolute Gasteiger partial charge is 0.262 e. The van der Waals surface area contributed by atoms with Gasteiger partial charge in [0, 0.05) is 22.5 Å². The predicted octanol–water partition coefficient (Wildman–Crippen LogP) is 6.58. The summed E-state index contributed by atoms with van der Waals surface area (Å²) in [7, 11) is 1.63. The summed E-state index contributed by atoms with van der Waals surface area (Å²) < 4.78 is 11.1. The van der Waals surface area contributed by atoms with Crippen molar-refractivity contribution in [2.75, 3.05) is 19.0 Å². The molecule has 0 radical (unpaired) electrons. The van der Waals surface area contributed by atoms with Crippen LogP contribution < -0.4 is 14.8 Å². The fourth-order valence-electron chi connectivity index (χ4n) is 3.35. The zero-order valence-electron chi connectivity index (χ0n) is 18.3. The van der Waals surface area contributed by atoms with Crippen molar-refractivity contribution in [3.05, 3.63) is 95.0 Å². The number of methoxy groups -OCH3 is 1. The number of anilines is 1. The van der Waals surface area contributed by atoms with E-state index in [0.717, 1.165) is 33.3 Å². The Kier molecular flexibility index (Phi) is 6.91. The molecule has 166 valence electrons. The Morgan fingerprint density at radius 1 is 1.03 bits per heavy atom. The minimum Gasteiger partial charge on any atom is -0.497 e. The van der Waals surface area contributed by atoms with E-state index in [0.29, 0.717) is 16.5 Å². The van der Waals surface area contributed by atoms with Crippen molar-refractivity contribution in [2.24, 2.45) is 4.99 Å². The molecule has 0 aliphatic carbocycles. The molecule has 0 heterocycles. The van der Waals surface area contributed by atoms with Gasteiger partial charge in [0.25, 0.3) is 5.91 Å². The van der Waals surface area contributed by atoms with Crippen LogP contribution in [0.15, 0.2) is 83.9 Å². The molecule has 0 fully saturated rings. The zero-order valence-corrected chi connectivity index (χ0v) is 19.1. The molecule has 0 spiro atoms. The maximum Gasteiger partial charge on any atom is 0.262 e. The first-order chi connectivity index (χ1) is 16.0. The number of halogens is 1. The van der Waals surface area contributed by atoms with E-state index in [2.05, 4.69) is 10.3 Å². The minimum absolute atomic E-state index is 0.146. The van der Waals surface area contributed by atoms with Gasteiger partial charge < -0.3 is 14.8 Å². The maximum absolute atomic E-state index is 12.5. The molecule has 0 atom stereocenters. The number of hydrogen-bond acceptors (Lipinski definition) is 4. The van der Waals surface area contributed by atoms with Crippen LogP contribution >= 0.6 is 11.6 Å². The van der Waals surface area contributed by atoms with Crippen molar-refractivity contribution >= 4 is 45.9 Å². The number of amides is 1. The second-order valence-corrected chi connectivity index (χ2v) is 7.86. The fourth-order valence-corrected chi connectivity index (χ4v) is 3.53. The standard InChI is InChI=1S/C27H23ClN2O3/c1-18-7-9-21(15-25(18)28)30-27(31)17-33-26-14-8-19-5-3-4-6-23(19)24(26)16-29-20-10-12-22(32-2)13-11-20/h3-16H,17H2,1-2H3,(H,30,31). The van der Waals surface area contributed by atoms with Gasteiger partial charge in [0.1, 0.15) is 11.5 Å². The van der Waals surface area contributed by atoms with Crippen molar-refractivity contribution in [1.29, 1.82) is 0 Å². The average Bonchev–Trinajstić information content (AvgIpc) is 2.84. The van der Waals surface area contributed by atoms with Gasteiger partial charge in [-0.15, -0.1) is 0 Å². The lowest BCUT2D eigenvalue weighted by Gasteiger charge is -2.12. The van der Waals surface area contributed by atoms with Gasteiger partial charge in [0.15, 0.2) is 6.61 Å². The molecule has 4 rings (SSSR count). The van der Waals surface area contributed by atoms with Crippen LogP contribution in [-0.4, -0.2) is 25.8 Å². The highest BCUT2D eigenvalue weighted by molar-refractivity contribution is 6.31. The summed E-state index contributed by atoms with van der Waals surface area (Å²) in [4.78, 5) is 17.1. The summed E-state index contributed by atoms with van der Waals surface area (Å²) in [6.45, 7) is 1.76. The largest absolute Gasteiger partial charge is 0.497 e. The first-order valence-corrected chi connectivity index (χ1v) is 10.8. The molecule has 0 unspecified atom stereocenters. The summed E-state index contributed by atoms with van der Waals surface area (Å²) in [5.41, 5.74) is 3.15. The van der Waals surface area contributed by atoms with Crippen LogP contribution in [0.3, 0.4) is 0 Å². The summed E-state index contributed by atoms with van der Waals surface area (Å²) in [5.74, 6) is 1.06. The maximum atomic E-state index is 12.5. The molecule has 0 saturated carbocycles. The summed E-state index contributed by atoms with van der Waals surface area (Å²) in [6.07, 6.45) is 1.76. The number of aryl methyl sites for hydroxylation is 1. The molecule has 0 saturated heterocycles. The normalized spacial score (nSPS) is 11.0. The molecule has 1 N–H and O–H groups in total. The highest BCUT2D eigenvalue weighted by atomic mass is 35.5. The number of aliphatic imine (C=N–C) groups is 1. The van der Waals surface area contributed by atoms with Crippen molar-refractivity contribution in [3.63, 3.8) is 0 Å². The van der Waals surface area contributed by atoms with Gasteiger partial charge in [-0.2, -0.15) is 0 Å². The average molecular weight is 459 g/mol. The van der Waals surface area contributed by atoms with E-state index in [1.807, 2.05) is 79.7 Å². The van der Waals surface area contributed by atoms with Crippen molar-refractivity contribution < 1.29 is 14.3 Å². The second kappa shape index (κ2) is 10.2. The highest BCUT2D eigenvalue weighted by Gasteiger charge is 2.10. The Morgan fingerprint density at radius 2 is 1.82 bits per heavy atom. The van der Waals surface area contributed by atoms with E-state index in [1.54, 1.807) is 19.4 Å². The lowest BCUT2D eigenvalue weighted by molar-refractivity contribution is -0.118. The third-order valence-corrected chi connectivity index (χ3v) is 5.57. The summed E-state index contributed by atoms with van der Waals surface area (Å²) >= 11 is 6.14. The van der Waals surface area contributed by atoms with Crippen molar-refractivity contribution in [2.45, 2.75) is 6.92 Å². The first kappa shape index (κ1) is 22.4. The number of carbonyl (C=O) groups is 1. The molecule has 33 heavy (non-hydrogen) atoms. The molecule has 0 aliphatic heterocycles. The van der Waals surface area contributed by atoms with Crippen LogP contribution in [0.4, 0.5) is 11.4 Å². The van der Waals surface area contributed by atoms with E-state index in [-0.39, 0.29) is 12.5 Å². The zero-order chi connectivity index (χ0) is 23.2. The number of nitrogens with zero attached hydrogens (tertiary/aromatic N) is 1. The molecular weight excluding hydrogens is 436 g/mol. The number of hydrogen-bond donors (Lipinski definition) is 1. The Morgan fingerprint density at radius 3 is 2.58 bits per heavy atom. The molecule has 0 bridgehead atoms. The van der Waals surface area contributed by atoms with Crippen LogP contribution in [0.25, 0.3) is 10.8 Å². The SMILES string of the molecule is COc1ccc(N=Cc2c(OCC(=O)Nc3ccc(C)c(Cl)c3)ccc3ccccc23)cc1. The van der Waals surface area contributed by atoms with Gasteiger partial charge >= 0.3 is 0 Å². The highest BCUT2D eigenvalue weighted by Crippen LogP contribution is 2.28. The van der Waals surface area contributed by atoms with E-state index in [1.165, 1.54) is 0 Å². The van der Waals surface area contributed by atoms with Gasteiger partial charge in [-0.1, -0.05) is 48.0 Å². The number of carbonyl (C=O) groups excluding carboxylic acids is 1. The predicted molar refractivity (Wildman–Crippen MR) is 135 cm³/mol. The van der Waals surface area contributed by atoms with E-state index in [9.17, 15) is 4.79 Å². The first-order valence-electron chi connectivity index (χ1n) is 10.4. The lowest BCUT2D eigenvalue weighted by Crippen LogP contribution is -2.20. The van der Waals surface area contributed by atoms with Gasteiger partial charge in [0.2, 0.25) is 0 Å². The monoisotopic (exact) mass is 458 g/mol. The molecular formula is C27H23ClN2O3. The lowest BCUT2D eigenvalue weighted by atomic mass is 10.0. The Bertz CT molecular complexity index is 1320. The molecule has 0 aromatic heterocycles. The minimum atomic E-state index is -0.277. The molecule has 4 aromatic carbocycles. The molecule has 4 aromatic rings. The summed E-state index contributed by atoms with van der Waals surface area (Å²) in [6, 6.07) is 24.6. The quantitative estimate of drug-likeness (QED) is 0.318. The number of rotatable bonds is 7. The molecule has 6 heteroatoms. The summed E-state index contributed by atoms with van der Waals surface area (Å²) in [5, 5.41) is 5.45. The molecule has 1 amide bonds. The number of nitrogens with one attached hydrogen (secondary N) is 1. The van der Waals surface area contributed by atoms with E-state index in [4.69, 9.17) is 21.1 Å². The number of benzene rings is 4. The second-order valence-electron chi connectivity index (χ2n) is 7.46. The van der Waals surface area contributed by atoms with Gasteiger partial charge in [0.05, 0.1) is 12.8 Å². The van der Waals surface area contributed by atoms with E-state index >= 15 is 0 Å². The topological polar surface area (TPSA) is 59.9 Å². The van der Waals surface area contributed by atoms with Gasteiger partial charge in [-0.3, -0.25) is 9.79 Å². The third-order valence-electron chi connectivity index (χ3n) is 5.16. The van der Waals surface area contributed by atoms with Crippen LogP contribution in [-0.2, 0) is 4.79 Å². The van der Waals surface area contributed by atoms with E-state index < -0.39 is 0 Å². The Labute approximate surface area is 197 Å². The third kappa shape index (κ3) is 5.51. The van der Waals surface area contributed by atoms with Crippen molar-refractivity contribution in [3.8, 4) is 11.5 Å². The van der Waals surface area contributed by atoms with Crippen LogP contribution in [0.2, 0.25) is 5.02 Å². The van der Waals surface area contributed by atoms with Crippen LogP contribution in [0.1, 0.15) is 11.1 Å². The Hall–Kier alpha value is -3.83. The number of ether oxygens (including phenoxy) is 2. The van der Waals surface area contributed by atoms with Crippen LogP contribution in [0, 0.1) is 6.92 Å². The van der Waals surface area contributed by atoms with Gasteiger partial charge in [-0.25, -0.2) is 0 Å². The van der Waals surface area contributed by atoms with Crippen molar-refractivity contribution in [1.82, 2.24) is 0 Å². The fraction of sp³-hybridized carbons (Fsp3) is 0.111. The van der Waals surface area contributed by atoms with Gasteiger partial charge in [-0.05, 0) is 65.7 Å². The number of fused-ring (bicyclic) bond motifs is 1.